The van der Waals surface area contributed by atoms with Crippen LogP contribution >= 0.6 is 0 Å². The highest BCUT2D eigenvalue weighted by Gasteiger charge is 2.29. The fourth-order valence-electron chi connectivity index (χ4n) is 2.48. The molecule has 1 atom stereocenters. The molecule has 0 bridgehead atoms. The highest BCUT2D eigenvalue weighted by Crippen LogP contribution is 2.32. The summed E-state index contributed by atoms with van der Waals surface area (Å²) in [5, 5.41) is 3.62. The molecule has 2 heterocycles. The van der Waals surface area contributed by atoms with E-state index in [1.54, 1.807) is 0 Å². The lowest BCUT2D eigenvalue weighted by molar-refractivity contribution is 0.360. The molecule has 0 spiro atoms. The average Bonchev–Trinajstić information content (AvgIpc) is 2.48. The minimum atomic E-state index is -0.000394. The molecule has 1 fully saturated rings. The maximum absolute atomic E-state index is 6.01. The summed E-state index contributed by atoms with van der Waals surface area (Å²) in [6.07, 6.45) is 6.80. The van der Waals surface area contributed by atoms with E-state index in [9.17, 15) is 0 Å². The highest BCUT2D eigenvalue weighted by atomic mass is 15.0. The van der Waals surface area contributed by atoms with Gasteiger partial charge in [0.1, 0.15) is 5.82 Å². The highest BCUT2D eigenvalue weighted by molar-refractivity contribution is 5.45. The van der Waals surface area contributed by atoms with Crippen LogP contribution in [0.4, 0.5) is 5.82 Å². The van der Waals surface area contributed by atoms with Crippen LogP contribution in [-0.2, 0) is 5.54 Å². The molecule has 0 radical (unpaired) electrons. The summed E-state index contributed by atoms with van der Waals surface area (Å²) in [5.74, 6) is 0.669. The number of aryl methyl sites for hydroxylation is 1. The van der Waals surface area contributed by atoms with Crippen molar-refractivity contribution in [3.05, 3.63) is 23.4 Å². The van der Waals surface area contributed by atoms with Crippen molar-refractivity contribution in [1.82, 2.24) is 10.3 Å². The molecular formula is C13H21N3. The number of rotatable bonds is 1. The Kier molecular flexibility index (Phi) is 3.15. The van der Waals surface area contributed by atoms with Gasteiger partial charge in [-0.05, 0) is 44.9 Å². The van der Waals surface area contributed by atoms with Gasteiger partial charge in [0.05, 0.1) is 0 Å². The Bertz CT molecular complexity index is 365. The fourth-order valence-corrected chi connectivity index (χ4v) is 2.48. The van der Waals surface area contributed by atoms with Gasteiger partial charge in [-0.2, -0.15) is 0 Å². The maximum atomic E-state index is 6.01. The van der Waals surface area contributed by atoms with E-state index in [2.05, 4.69) is 30.2 Å². The van der Waals surface area contributed by atoms with Crippen molar-refractivity contribution >= 4 is 5.82 Å². The minimum Gasteiger partial charge on any atom is -0.383 e. The first kappa shape index (κ1) is 11.4. The van der Waals surface area contributed by atoms with Gasteiger partial charge in [0.2, 0.25) is 0 Å². The Balaban J connectivity index is 2.36. The molecule has 1 aromatic rings. The number of pyridine rings is 1. The third kappa shape index (κ3) is 2.19. The predicted octanol–water partition coefficient (Wildman–Crippen LogP) is 2.35. The molecular weight excluding hydrogens is 198 g/mol. The van der Waals surface area contributed by atoms with Crippen LogP contribution in [0.5, 0.6) is 0 Å². The summed E-state index contributed by atoms with van der Waals surface area (Å²) in [6, 6.07) is 2.17. The zero-order valence-electron chi connectivity index (χ0n) is 10.2. The second-order valence-electron chi connectivity index (χ2n) is 5.02. The number of aromatic nitrogens is 1. The molecule has 0 aliphatic carbocycles. The van der Waals surface area contributed by atoms with E-state index in [4.69, 9.17) is 5.73 Å². The number of hydrogen-bond donors (Lipinski definition) is 2. The van der Waals surface area contributed by atoms with E-state index < -0.39 is 0 Å². The summed E-state index contributed by atoms with van der Waals surface area (Å²) in [4.78, 5) is 4.27. The van der Waals surface area contributed by atoms with Crippen molar-refractivity contribution in [3.8, 4) is 0 Å². The standard InChI is InChI=1S/C13H21N3/c1-10-8-11(12(14)15-9-10)13(2)6-4-3-5-7-16-13/h8-9,16H,3-7H2,1-2H3,(H2,14,15). The van der Waals surface area contributed by atoms with Gasteiger partial charge in [0.25, 0.3) is 0 Å². The Morgan fingerprint density at radius 3 is 3.00 bits per heavy atom. The predicted molar refractivity (Wildman–Crippen MR) is 67.2 cm³/mol. The molecule has 1 unspecified atom stereocenters. The van der Waals surface area contributed by atoms with Gasteiger partial charge in [-0.1, -0.05) is 12.8 Å². The van der Waals surface area contributed by atoms with E-state index in [1.807, 2.05) is 6.20 Å². The number of anilines is 1. The molecule has 0 saturated carbocycles. The molecule has 3 nitrogen and oxygen atoms in total. The molecule has 1 saturated heterocycles. The number of hydrogen-bond acceptors (Lipinski definition) is 3. The first-order chi connectivity index (χ1) is 7.62. The first-order valence-corrected chi connectivity index (χ1v) is 6.09. The number of nitrogens with one attached hydrogen (secondary N) is 1. The Morgan fingerprint density at radius 1 is 1.38 bits per heavy atom. The van der Waals surface area contributed by atoms with E-state index in [0.717, 1.165) is 18.5 Å². The molecule has 3 heteroatoms. The SMILES string of the molecule is Cc1cnc(N)c(C2(C)CCCCCN2)c1. The summed E-state index contributed by atoms with van der Waals surface area (Å²) >= 11 is 0. The normalized spacial score (nSPS) is 26.4. The molecule has 2 rings (SSSR count). The largest absolute Gasteiger partial charge is 0.383 e. The number of nitrogens with zero attached hydrogens (tertiary/aromatic N) is 1. The van der Waals surface area contributed by atoms with Crippen molar-refractivity contribution < 1.29 is 0 Å². The van der Waals surface area contributed by atoms with Crippen molar-refractivity contribution in [2.45, 2.75) is 45.1 Å². The smallest absolute Gasteiger partial charge is 0.128 e. The van der Waals surface area contributed by atoms with E-state index in [-0.39, 0.29) is 5.54 Å². The summed E-state index contributed by atoms with van der Waals surface area (Å²) < 4.78 is 0. The molecule has 88 valence electrons. The van der Waals surface area contributed by atoms with Gasteiger partial charge in [-0.25, -0.2) is 4.98 Å². The maximum Gasteiger partial charge on any atom is 0.128 e. The van der Waals surface area contributed by atoms with Gasteiger partial charge in [-0.3, -0.25) is 0 Å². The quantitative estimate of drug-likeness (QED) is 0.762. The van der Waals surface area contributed by atoms with Crippen LogP contribution in [0, 0.1) is 6.92 Å². The van der Waals surface area contributed by atoms with Crippen LogP contribution in [0.25, 0.3) is 0 Å². The monoisotopic (exact) mass is 219 g/mol. The number of nitrogen functional groups attached to an aromatic ring is 1. The lowest BCUT2D eigenvalue weighted by atomic mass is 9.87. The Morgan fingerprint density at radius 2 is 2.19 bits per heavy atom. The van der Waals surface area contributed by atoms with Crippen LogP contribution in [0.15, 0.2) is 12.3 Å². The van der Waals surface area contributed by atoms with Crippen LogP contribution in [0.1, 0.15) is 43.7 Å². The zero-order chi connectivity index (χ0) is 11.6. The van der Waals surface area contributed by atoms with Crippen LogP contribution in [-0.4, -0.2) is 11.5 Å². The first-order valence-electron chi connectivity index (χ1n) is 6.09. The zero-order valence-corrected chi connectivity index (χ0v) is 10.2. The van der Waals surface area contributed by atoms with Gasteiger partial charge >= 0.3 is 0 Å². The molecule has 3 N–H and O–H groups in total. The van der Waals surface area contributed by atoms with Crippen LogP contribution < -0.4 is 11.1 Å². The Labute approximate surface area is 97.5 Å². The minimum absolute atomic E-state index is 0.000394. The van der Waals surface area contributed by atoms with Gasteiger partial charge in [0, 0.05) is 17.3 Å². The van der Waals surface area contributed by atoms with Crippen LogP contribution in [0.3, 0.4) is 0 Å². The van der Waals surface area contributed by atoms with Crippen molar-refractivity contribution in [1.29, 1.82) is 0 Å². The molecule has 0 aromatic carbocycles. The second kappa shape index (κ2) is 4.42. The summed E-state index contributed by atoms with van der Waals surface area (Å²) in [5.41, 5.74) is 8.34. The Hall–Kier alpha value is -1.09. The van der Waals surface area contributed by atoms with Gasteiger partial charge < -0.3 is 11.1 Å². The van der Waals surface area contributed by atoms with E-state index in [0.29, 0.717) is 5.82 Å². The lowest BCUT2D eigenvalue weighted by Crippen LogP contribution is -2.39. The number of nitrogens with two attached hydrogens (primary N) is 1. The van der Waals surface area contributed by atoms with Gasteiger partial charge in [-0.15, -0.1) is 0 Å². The molecule has 1 aliphatic rings. The van der Waals surface area contributed by atoms with E-state index >= 15 is 0 Å². The second-order valence-corrected chi connectivity index (χ2v) is 5.02. The fraction of sp³-hybridized carbons (Fsp3) is 0.615. The summed E-state index contributed by atoms with van der Waals surface area (Å²) in [6.45, 7) is 5.38. The topological polar surface area (TPSA) is 50.9 Å². The molecule has 16 heavy (non-hydrogen) atoms. The lowest BCUT2D eigenvalue weighted by Gasteiger charge is -2.31. The van der Waals surface area contributed by atoms with Crippen molar-refractivity contribution in [2.75, 3.05) is 12.3 Å². The molecule has 0 amide bonds. The van der Waals surface area contributed by atoms with Crippen LogP contribution in [0.2, 0.25) is 0 Å². The molecule has 1 aromatic heterocycles. The third-order valence-electron chi connectivity index (χ3n) is 3.52. The van der Waals surface area contributed by atoms with Crippen molar-refractivity contribution in [3.63, 3.8) is 0 Å². The van der Waals surface area contributed by atoms with Gasteiger partial charge in [0.15, 0.2) is 0 Å². The molecule has 1 aliphatic heterocycles. The third-order valence-corrected chi connectivity index (χ3v) is 3.52. The average molecular weight is 219 g/mol. The van der Waals surface area contributed by atoms with Crippen molar-refractivity contribution in [2.24, 2.45) is 0 Å². The summed E-state index contributed by atoms with van der Waals surface area (Å²) in [7, 11) is 0. The van der Waals surface area contributed by atoms with E-state index in [1.165, 1.54) is 24.8 Å².